The van der Waals surface area contributed by atoms with Crippen LogP contribution in [-0.4, -0.2) is 11.3 Å². The molecule has 0 heterocycles. The summed E-state index contributed by atoms with van der Waals surface area (Å²) in [6.07, 6.45) is 0.890. The Hall–Kier alpha value is -1.80. The maximum absolute atomic E-state index is 11.2. The van der Waals surface area contributed by atoms with Gasteiger partial charge in [-0.3, -0.25) is 4.79 Å². The predicted molar refractivity (Wildman–Crippen MR) is 77.9 cm³/mol. The molecule has 0 saturated heterocycles. The van der Waals surface area contributed by atoms with E-state index < -0.39 is 0 Å². The van der Waals surface area contributed by atoms with E-state index in [1.165, 1.54) is 0 Å². The van der Waals surface area contributed by atoms with Crippen molar-refractivity contribution >= 4 is 18.0 Å². The summed E-state index contributed by atoms with van der Waals surface area (Å²) >= 11 is 5.93. The molecule has 0 unspecified atom stereocenters. The maximum Gasteiger partial charge on any atom is 0.210 e. The second-order valence-electron chi connectivity index (χ2n) is 4.57. The second kappa shape index (κ2) is 6.39. The summed E-state index contributed by atoms with van der Waals surface area (Å²) in [6.45, 7) is 3.22. The molecule has 19 heavy (non-hydrogen) atoms. The van der Waals surface area contributed by atoms with Crippen molar-refractivity contribution in [3.63, 3.8) is 0 Å². The van der Waals surface area contributed by atoms with Gasteiger partial charge in [-0.25, -0.2) is 0 Å². The van der Waals surface area contributed by atoms with Crippen LogP contribution in [0.5, 0.6) is 0 Å². The summed E-state index contributed by atoms with van der Waals surface area (Å²) in [5.74, 6) is 0. The predicted octanol–water partition coefficient (Wildman–Crippen LogP) is 3.81. The fourth-order valence-electron chi connectivity index (χ4n) is 2.00. The van der Waals surface area contributed by atoms with Gasteiger partial charge in [-0.05, 0) is 35.7 Å². The van der Waals surface area contributed by atoms with Gasteiger partial charge in [0.15, 0.2) is 0 Å². The minimum absolute atomic E-state index is 0.599. The molecule has 2 nitrogen and oxygen atoms in total. The fraction of sp³-hybridized carbons (Fsp3) is 0.188. The first-order valence-electron chi connectivity index (χ1n) is 6.17. The molecule has 1 amide bonds. The standard InChI is InChI=1S/C16H16ClNO/c1-13-9-16(17)8-7-15(13)11-18(12-19)10-14-5-3-2-4-6-14/h2-9,12H,10-11H2,1H3. The van der Waals surface area contributed by atoms with E-state index in [0.717, 1.165) is 28.1 Å². The maximum atomic E-state index is 11.2. The lowest BCUT2D eigenvalue weighted by molar-refractivity contribution is -0.119. The van der Waals surface area contributed by atoms with Crippen molar-refractivity contribution in [2.75, 3.05) is 0 Å². The highest BCUT2D eigenvalue weighted by Crippen LogP contribution is 2.17. The van der Waals surface area contributed by atoms with Gasteiger partial charge < -0.3 is 4.90 Å². The van der Waals surface area contributed by atoms with Crippen LogP contribution >= 0.6 is 11.6 Å². The average molecular weight is 274 g/mol. The lowest BCUT2D eigenvalue weighted by Gasteiger charge is -2.19. The zero-order valence-corrected chi connectivity index (χ0v) is 11.6. The first-order valence-corrected chi connectivity index (χ1v) is 6.55. The van der Waals surface area contributed by atoms with Crippen molar-refractivity contribution in [3.8, 4) is 0 Å². The monoisotopic (exact) mass is 273 g/mol. The normalized spacial score (nSPS) is 10.2. The number of halogens is 1. The van der Waals surface area contributed by atoms with Crippen molar-refractivity contribution in [1.29, 1.82) is 0 Å². The van der Waals surface area contributed by atoms with E-state index >= 15 is 0 Å². The molecule has 0 radical (unpaired) electrons. The van der Waals surface area contributed by atoms with Crippen LogP contribution in [0.15, 0.2) is 48.5 Å². The van der Waals surface area contributed by atoms with Gasteiger partial charge in [0.2, 0.25) is 6.41 Å². The number of carbonyl (C=O) groups excluding carboxylic acids is 1. The highest BCUT2D eigenvalue weighted by molar-refractivity contribution is 6.30. The van der Waals surface area contributed by atoms with Gasteiger partial charge >= 0.3 is 0 Å². The van der Waals surface area contributed by atoms with Crippen molar-refractivity contribution < 1.29 is 4.79 Å². The van der Waals surface area contributed by atoms with Crippen LogP contribution in [0.2, 0.25) is 5.02 Å². The van der Waals surface area contributed by atoms with E-state index in [2.05, 4.69) is 0 Å². The molecule has 3 heteroatoms. The highest BCUT2D eigenvalue weighted by atomic mass is 35.5. The van der Waals surface area contributed by atoms with E-state index in [9.17, 15) is 4.79 Å². The number of benzene rings is 2. The molecule has 2 aromatic rings. The summed E-state index contributed by atoms with van der Waals surface area (Å²) < 4.78 is 0. The van der Waals surface area contributed by atoms with Crippen LogP contribution in [0.4, 0.5) is 0 Å². The Labute approximate surface area is 118 Å². The Kier molecular flexibility index (Phi) is 4.58. The number of aryl methyl sites for hydroxylation is 1. The Morgan fingerprint density at radius 3 is 2.47 bits per heavy atom. The quantitative estimate of drug-likeness (QED) is 0.759. The minimum atomic E-state index is 0.599. The summed E-state index contributed by atoms with van der Waals surface area (Å²) in [7, 11) is 0. The SMILES string of the molecule is Cc1cc(Cl)ccc1CN(C=O)Cc1ccccc1. The molecule has 0 bridgehead atoms. The molecular weight excluding hydrogens is 258 g/mol. The van der Waals surface area contributed by atoms with Gasteiger partial charge in [0, 0.05) is 18.1 Å². The van der Waals surface area contributed by atoms with E-state index in [0.29, 0.717) is 13.1 Å². The van der Waals surface area contributed by atoms with Crippen molar-refractivity contribution in [1.82, 2.24) is 4.90 Å². The molecule has 0 fully saturated rings. The summed E-state index contributed by atoms with van der Waals surface area (Å²) in [5.41, 5.74) is 3.35. The van der Waals surface area contributed by atoms with Gasteiger partial charge in [-0.15, -0.1) is 0 Å². The lowest BCUT2D eigenvalue weighted by Crippen LogP contribution is -2.21. The molecule has 0 aliphatic rings. The Morgan fingerprint density at radius 2 is 1.84 bits per heavy atom. The van der Waals surface area contributed by atoms with Crippen LogP contribution in [0.1, 0.15) is 16.7 Å². The molecule has 0 atom stereocenters. The number of nitrogens with zero attached hydrogens (tertiary/aromatic N) is 1. The summed E-state index contributed by atoms with van der Waals surface area (Å²) in [4.78, 5) is 12.9. The van der Waals surface area contributed by atoms with Gasteiger partial charge in [0.1, 0.15) is 0 Å². The van der Waals surface area contributed by atoms with Crippen LogP contribution in [0.3, 0.4) is 0 Å². The van der Waals surface area contributed by atoms with Gasteiger partial charge in [0.25, 0.3) is 0 Å². The third kappa shape index (κ3) is 3.83. The highest BCUT2D eigenvalue weighted by Gasteiger charge is 2.06. The minimum Gasteiger partial charge on any atom is -0.337 e. The Bertz CT molecular complexity index is 554. The zero-order valence-electron chi connectivity index (χ0n) is 10.8. The first kappa shape index (κ1) is 13.6. The number of rotatable bonds is 5. The number of amides is 1. The van der Waals surface area contributed by atoms with E-state index in [1.807, 2.05) is 55.5 Å². The van der Waals surface area contributed by atoms with Gasteiger partial charge in [0.05, 0.1) is 0 Å². The molecular formula is C16H16ClNO. The van der Waals surface area contributed by atoms with E-state index in [1.54, 1.807) is 4.90 Å². The fourth-order valence-corrected chi connectivity index (χ4v) is 2.23. The number of hydrogen-bond donors (Lipinski definition) is 0. The largest absolute Gasteiger partial charge is 0.337 e. The summed E-state index contributed by atoms with van der Waals surface area (Å²) in [5, 5.41) is 0.724. The average Bonchev–Trinajstić information content (AvgIpc) is 2.42. The Morgan fingerprint density at radius 1 is 1.11 bits per heavy atom. The third-order valence-corrected chi connectivity index (χ3v) is 3.29. The summed E-state index contributed by atoms with van der Waals surface area (Å²) in [6, 6.07) is 15.7. The van der Waals surface area contributed by atoms with Crippen molar-refractivity contribution in [3.05, 3.63) is 70.2 Å². The van der Waals surface area contributed by atoms with Crippen LogP contribution in [-0.2, 0) is 17.9 Å². The second-order valence-corrected chi connectivity index (χ2v) is 5.00. The molecule has 0 aliphatic carbocycles. The van der Waals surface area contributed by atoms with Crippen LogP contribution < -0.4 is 0 Å². The molecule has 0 spiro atoms. The van der Waals surface area contributed by atoms with Crippen molar-refractivity contribution in [2.24, 2.45) is 0 Å². The third-order valence-electron chi connectivity index (χ3n) is 3.06. The number of hydrogen-bond acceptors (Lipinski definition) is 1. The van der Waals surface area contributed by atoms with Gasteiger partial charge in [-0.1, -0.05) is 48.0 Å². The molecule has 2 aromatic carbocycles. The van der Waals surface area contributed by atoms with Crippen molar-refractivity contribution in [2.45, 2.75) is 20.0 Å². The van der Waals surface area contributed by atoms with E-state index in [-0.39, 0.29) is 0 Å². The smallest absolute Gasteiger partial charge is 0.210 e. The molecule has 0 saturated carbocycles. The molecule has 98 valence electrons. The van der Waals surface area contributed by atoms with Crippen LogP contribution in [0.25, 0.3) is 0 Å². The molecule has 0 aromatic heterocycles. The topological polar surface area (TPSA) is 20.3 Å². The van der Waals surface area contributed by atoms with E-state index in [4.69, 9.17) is 11.6 Å². The molecule has 0 N–H and O–H groups in total. The zero-order chi connectivity index (χ0) is 13.7. The van der Waals surface area contributed by atoms with Gasteiger partial charge in [-0.2, -0.15) is 0 Å². The Balaban J connectivity index is 2.09. The first-order chi connectivity index (χ1) is 9.19. The molecule has 0 aliphatic heterocycles. The lowest BCUT2D eigenvalue weighted by atomic mass is 10.1. The molecule has 2 rings (SSSR count). The number of carbonyl (C=O) groups is 1. The van der Waals surface area contributed by atoms with Crippen LogP contribution in [0, 0.1) is 6.92 Å².